The van der Waals surface area contributed by atoms with Gasteiger partial charge in [-0.25, -0.2) is 0 Å². The van der Waals surface area contributed by atoms with Crippen molar-refractivity contribution in [3.63, 3.8) is 0 Å². The quantitative estimate of drug-likeness (QED) is 0.897. The standard InChI is InChI=1S/C14H13N3OS/c1-9-3-2-4-13(12(9)6-15)17-7-11-5-10(8-19-11)14(16)18/h2-5,8,17H,7H2,1H3,(H2,16,18). The van der Waals surface area contributed by atoms with E-state index in [0.29, 0.717) is 17.7 Å². The second-order valence-electron chi connectivity index (χ2n) is 4.13. The van der Waals surface area contributed by atoms with Gasteiger partial charge in [0.05, 0.1) is 16.8 Å². The molecule has 0 aliphatic carbocycles. The van der Waals surface area contributed by atoms with Gasteiger partial charge in [-0.3, -0.25) is 4.79 Å². The zero-order valence-corrected chi connectivity index (χ0v) is 11.3. The largest absolute Gasteiger partial charge is 0.379 e. The predicted octanol–water partition coefficient (Wildman–Crippen LogP) is 2.64. The Morgan fingerprint density at radius 1 is 1.53 bits per heavy atom. The maximum absolute atomic E-state index is 11.0. The van der Waals surface area contributed by atoms with Crippen LogP contribution in [0.1, 0.15) is 26.4 Å². The van der Waals surface area contributed by atoms with Gasteiger partial charge < -0.3 is 11.1 Å². The fourth-order valence-electron chi connectivity index (χ4n) is 1.75. The lowest BCUT2D eigenvalue weighted by molar-refractivity contribution is 0.100. The highest BCUT2D eigenvalue weighted by molar-refractivity contribution is 7.10. The topological polar surface area (TPSA) is 78.9 Å². The maximum atomic E-state index is 11.0. The molecule has 3 N–H and O–H groups in total. The number of nitrogens with one attached hydrogen (secondary N) is 1. The van der Waals surface area contributed by atoms with E-state index in [9.17, 15) is 4.79 Å². The second kappa shape index (κ2) is 5.55. The van der Waals surface area contributed by atoms with Gasteiger partial charge in [-0.15, -0.1) is 11.3 Å². The van der Waals surface area contributed by atoms with Crippen molar-refractivity contribution < 1.29 is 4.79 Å². The van der Waals surface area contributed by atoms with Crippen LogP contribution in [-0.2, 0) is 6.54 Å². The molecule has 0 aliphatic rings. The third-order valence-corrected chi connectivity index (χ3v) is 3.71. The van der Waals surface area contributed by atoms with Gasteiger partial charge in [0.2, 0.25) is 5.91 Å². The van der Waals surface area contributed by atoms with E-state index in [4.69, 9.17) is 11.0 Å². The van der Waals surface area contributed by atoms with Crippen LogP contribution in [0.2, 0.25) is 0 Å². The molecule has 0 atom stereocenters. The fourth-order valence-corrected chi connectivity index (χ4v) is 2.56. The Balaban J connectivity index is 2.12. The number of anilines is 1. The molecule has 0 aliphatic heterocycles. The summed E-state index contributed by atoms with van der Waals surface area (Å²) >= 11 is 1.47. The van der Waals surface area contributed by atoms with Gasteiger partial charge in [-0.2, -0.15) is 5.26 Å². The minimum Gasteiger partial charge on any atom is -0.379 e. The normalized spacial score (nSPS) is 9.89. The van der Waals surface area contributed by atoms with Gasteiger partial charge in [0.25, 0.3) is 0 Å². The number of nitrogens with zero attached hydrogens (tertiary/aromatic N) is 1. The number of hydrogen-bond donors (Lipinski definition) is 2. The molecule has 0 bridgehead atoms. The van der Waals surface area contributed by atoms with Gasteiger partial charge in [0, 0.05) is 16.8 Å². The van der Waals surface area contributed by atoms with E-state index >= 15 is 0 Å². The Bertz CT molecular complexity index is 655. The molecule has 1 heterocycles. The van der Waals surface area contributed by atoms with Crippen LogP contribution >= 0.6 is 11.3 Å². The number of nitrogens with two attached hydrogens (primary N) is 1. The predicted molar refractivity (Wildman–Crippen MR) is 76.1 cm³/mol. The molecule has 0 saturated carbocycles. The lowest BCUT2D eigenvalue weighted by atomic mass is 10.1. The van der Waals surface area contributed by atoms with Crippen molar-refractivity contribution in [1.29, 1.82) is 5.26 Å². The molecule has 96 valence electrons. The number of nitriles is 1. The van der Waals surface area contributed by atoms with Crippen LogP contribution in [0.25, 0.3) is 0 Å². The Kier molecular flexibility index (Phi) is 3.83. The van der Waals surface area contributed by atoms with E-state index in [1.165, 1.54) is 11.3 Å². The Labute approximate surface area is 115 Å². The molecule has 0 saturated heterocycles. The average Bonchev–Trinajstić information content (AvgIpc) is 2.85. The number of carbonyl (C=O) groups is 1. The average molecular weight is 271 g/mol. The van der Waals surface area contributed by atoms with Crippen LogP contribution in [0.15, 0.2) is 29.6 Å². The molecule has 0 unspecified atom stereocenters. The summed E-state index contributed by atoms with van der Waals surface area (Å²) < 4.78 is 0. The van der Waals surface area contributed by atoms with Crippen LogP contribution in [0.3, 0.4) is 0 Å². The van der Waals surface area contributed by atoms with Crippen LogP contribution in [0.5, 0.6) is 0 Å². The molecule has 1 aromatic carbocycles. The molecular formula is C14H13N3OS. The highest BCUT2D eigenvalue weighted by Crippen LogP contribution is 2.21. The van der Waals surface area contributed by atoms with Crippen molar-refractivity contribution in [2.45, 2.75) is 13.5 Å². The minimum atomic E-state index is -0.421. The smallest absolute Gasteiger partial charge is 0.249 e. The number of rotatable bonds is 4. The minimum absolute atomic E-state index is 0.421. The molecule has 4 nitrogen and oxygen atoms in total. The van der Waals surface area contributed by atoms with Gasteiger partial charge in [0.15, 0.2) is 0 Å². The summed E-state index contributed by atoms with van der Waals surface area (Å²) in [4.78, 5) is 12.0. The molecule has 19 heavy (non-hydrogen) atoms. The van der Waals surface area contributed by atoms with E-state index in [0.717, 1.165) is 16.1 Å². The Morgan fingerprint density at radius 2 is 2.32 bits per heavy atom. The molecule has 0 radical (unpaired) electrons. The van der Waals surface area contributed by atoms with E-state index in [-0.39, 0.29) is 0 Å². The summed E-state index contributed by atoms with van der Waals surface area (Å²) in [6.45, 7) is 2.47. The number of primary amides is 1. The van der Waals surface area contributed by atoms with Gasteiger partial charge in [-0.1, -0.05) is 12.1 Å². The summed E-state index contributed by atoms with van der Waals surface area (Å²) in [5.41, 5.74) is 8.12. The molecule has 0 spiro atoms. The van der Waals surface area contributed by atoms with E-state index in [1.807, 2.05) is 25.1 Å². The highest BCUT2D eigenvalue weighted by Gasteiger charge is 2.07. The summed E-state index contributed by atoms with van der Waals surface area (Å²) in [5, 5.41) is 14.1. The van der Waals surface area contributed by atoms with E-state index < -0.39 is 5.91 Å². The zero-order valence-electron chi connectivity index (χ0n) is 10.4. The highest BCUT2D eigenvalue weighted by atomic mass is 32.1. The zero-order chi connectivity index (χ0) is 13.8. The van der Waals surface area contributed by atoms with Crippen molar-refractivity contribution in [1.82, 2.24) is 0 Å². The summed E-state index contributed by atoms with van der Waals surface area (Å²) in [6, 6.07) is 9.63. The van der Waals surface area contributed by atoms with Crippen LogP contribution in [0, 0.1) is 18.3 Å². The number of amides is 1. The second-order valence-corrected chi connectivity index (χ2v) is 5.12. The SMILES string of the molecule is Cc1cccc(NCc2cc(C(N)=O)cs2)c1C#N. The van der Waals surface area contributed by atoms with Crippen molar-refractivity contribution in [3.8, 4) is 6.07 Å². The molecular weight excluding hydrogens is 258 g/mol. The third-order valence-electron chi connectivity index (χ3n) is 2.78. The Hall–Kier alpha value is -2.32. The van der Waals surface area contributed by atoms with E-state index in [1.54, 1.807) is 11.4 Å². The van der Waals surface area contributed by atoms with E-state index in [2.05, 4.69) is 11.4 Å². The van der Waals surface area contributed by atoms with Crippen LogP contribution in [0.4, 0.5) is 5.69 Å². The van der Waals surface area contributed by atoms with Crippen LogP contribution in [-0.4, -0.2) is 5.91 Å². The summed E-state index contributed by atoms with van der Waals surface area (Å²) in [7, 11) is 0. The lowest BCUT2D eigenvalue weighted by Gasteiger charge is -2.08. The molecule has 1 aromatic heterocycles. The summed E-state index contributed by atoms with van der Waals surface area (Å²) in [5.74, 6) is -0.421. The number of benzene rings is 1. The fraction of sp³-hybridized carbons (Fsp3) is 0.143. The molecule has 2 aromatic rings. The first-order chi connectivity index (χ1) is 9.11. The molecule has 2 rings (SSSR count). The number of carbonyl (C=O) groups excluding carboxylic acids is 1. The third kappa shape index (κ3) is 2.92. The first-order valence-corrected chi connectivity index (χ1v) is 6.60. The first-order valence-electron chi connectivity index (χ1n) is 5.72. The van der Waals surface area contributed by atoms with Crippen molar-refractivity contribution >= 4 is 22.9 Å². The number of aryl methyl sites for hydroxylation is 1. The lowest BCUT2D eigenvalue weighted by Crippen LogP contribution is -2.09. The van der Waals surface area contributed by atoms with Gasteiger partial charge >= 0.3 is 0 Å². The van der Waals surface area contributed by atoms with Gasteiger partial charge in [-0.05, 0) is 24.6 Å². The van der Waals surface area contributed by atoms with Gasteiger partial charge in [0.1, 0.15) is 6.07 Å². The van der Waals surface area contributed by atoms with Crippen molar-refractivity contribution in [2.24, 2.45) is 5.73 Å². The Morgan fingerprint density at radius 3 is 2.95 bits per heavy atom. The molecule has 0 fully saturated rings. The number of hydrogen-bond acceptors (Lipinski definition) is 4. The van der Waals surface area contributed by atoms with Crippen molar-refractivity contribution in [2.75, 3.05) is 5.32 Å². The molecule has 1 amide bonds. The molecule has 5 heteroatoms. The van der Waals surface area contributed by atoms with Crippen molar-refractivity contribution in [3.05, 3.63) is 51.2 Å². The number of thiophene rings is 1. The van der Waals surface area contributed by atoms with Crippen LogP contribution < -0.4 is 11.1 Å². The first kappa shape index (κ1) is 13.1. The summed E-state index contributed by atoms with van der Waals surface area (Å²) in [6.07, 6.45) is 0. The monoisotopic (exact) mass is 271 g/mol. The maximum Gasteiger partial charge on any atom is 0.249 e.